The standard InChI is InChI=1S/C15H12O4/c16-12-6-4-11(5-7-12)14(15(18)19)9-10-2-1-3-13(17)8-10/h1-9,16-17H,(H,18,19)/b14-9-. The first kappa shape index (κ1) is 12.7. The molecule has 0 radical (unpaired) electrons. The molecule has 0 atom stereocenters. The van der Waals surface area contributed by atoms with Crippen LogP contribution >= 0.6 is 0 Å². The molecule has 0 unspecified atom stereocenters. The van der Waals surface area contributed by atoms with Crippen LogP contribution in [0.1, 0.15) is 11.1 Å². The fourth-order valence-corrected chi connectivity index (χ4v) is 1.69. The Morgan fingerprint density at radius 3 is 2.21 bits per heavy atom. The van der Waals surface area contributed by atoms with Gasteiger partial charge in [0.15, 0.2) is 0 Å². The van der Waals surface area contributed by atoms with Crippen LogP contribution in [0.25, 0.3) is 11.6 Å². The van der Waals surface area contributed by atoms with Crippen LogP contribution < -0.4 is 0 Å². The Kier molecular flexibility index (Phi) is 3.52. The van der Waals surface area contributed by atoms with Gasteiger partial charge in [0, 0.05) is 0 Å². The Labute approximate surface area is 109 Å². The highest BCUT2D eigenvalue weighted by Crippen LogP contribution is 2.22. The van der Waals surface area contributed by atoms with Gasteiger partial charge >= 0.3 is 5.97 Å². The number of aromatic hydroxyl groups is 2. The maximum absolute atomic E-state index is 11.3. The van der Waals surface area contributed by atoms with Crippen LogP contribution in [0.5, 0.6) is 11.5 Å². The highest BCUT2D eigenvalue weighted by Gasteiger charge is 2.10. The number of carboxylic acid groups (broad SMARTS) is 1. The van der Waals surface area contributed by atoms with Crippen LogP contribution in [0.2, 0.25) is 0 Å². The number of aliphatic carboxylic acids is 1. The highest BCUT2D eigenvalue weighted by atomic mass is 16.4. The van der Waals surface area contributed by atoms with E-state index in [1.807, 2.05) is 0 Å². The molecule has 0 bridgehead atoms. The average molecular weight is 256 g/mol. The SMILES string of the molecule is O=C(O)/C(=C\c1cccc(O)c1)c1ccc(O)cc1. The molecule has 2 rings (SSSR count). The number of hydrogen-bond acceptors (Lipinski definition) is 3. The molecule has 0 aromatic heterocycles. The number of carboxylic acids is 1. The molecule has 0 aliphatic carbocycles. The molecule has 2 aromatic carbocycles. The van der Waals surface area contributed by atoms with E-state index in [4.69, 9.17) is 0 Å². The number of carbonyl (C=O) groups is 1. The van der Waals surface area contributed by atoms with Crippen LogP contribution in [0.15, 0.2) is 48.5 Å². The molecular weight excluding hydrogens is 244 g/mol. The number of hydrogen-bond donors (Lipinski definition) is 3. The van der Waals surface area contributed by atoms with Crippen molar-refractivity contribution in [2.75, 3.05) is 0 Å². The number of phenols is 2. The molecule has 0 fully saturated rings. The van der Waals surface area contributed by atoms with Gasteiger partial charge in [-0.25, -0.2) is 4.79 Å². The molecule has 0 saturated carbocycles. The first-order valence-electron chi connectivity index (χ1n) is 5.60. The van der Waals surface area contributed by atoms with Crippen LogP contribution in [-0.2, 0) is 4.79 Å². The maximum Gasteiger partial charge on any atom is 0.336 e. The molecule has 4 heteroatoms. The van der Waals surface area contributed by atoms with Gasteiger partial charge in [-0.05, 0) is 41.5 Å². The number of rotatable bonds is 3. The second kappa shape index (κ2) is 5.27. The third-order valence-electron chi connectivity index (χ3n) is 2.59. The van der Waals surface area contributed by atoms with Gasteiger partial charge in [0.05, 0.1) is 5.57 Å². The quantitative estimate of drug-likeness (QED) is 0.583. The number of benzene rings is 2. The van der Waals surface area contributed by atoms with Gasteiger partial charge in [0.2, 0.25) is 0 Å². The molecule has 19 heavy (non-hydrogen) atoms. The van der Waals surface area contributed by atoms with Crippen molar-refractivity contribution in [1.82, 2.24) is 0 Å². The van der Waals surface area contributed by atoms with Crippen molar-refractivity contribution in [3.8, 4) is 11.5 Å². The van der Waals surface area contributed by atoms with E-state index in [1.165, 1.54) is 42.5 Å². The molecule has 96 valence electrons. The zero-order valence-corrected chi connectivity index (χ0v) is 9.95. The minimum atomic E-state index is -1.07. The summed E-state index contributed by atoms with van der Waals surface area (Å²) in [5, 5.41) is 27.8. The molecule has 4 nitrogen and oxygen atoms in total. The predicted octanol–water partition coefficient (Wildman–Crippen LogP) is 2.72. The first-order chi connectivity index (χ1) is 9.06. The Hall–Kier alpha value is -2.75. The Balaban J connectivity index is 2.46. The van der Waals surface area contributed by atoms with Crippen molar-refractivity contribution in [1.29, 1.82) is 0 Å². The van der Waals surface area contributed by atoms with Crippen LogP contribution in [0, 0.1) is 0 Å². The summed E-state index contributed by atoms with van der Waals surface area (Å²) in [4.78, 5) is 11.3. The lowest BCUT2D eigenvalue weighted by atomic mass is 10.0. The lowest BCUT2D eigenvalue weighted by Gasteiger charge is -2.04. The van der Waals surface area contributed by atoms with Crippen molar-refractivity contribution in [2.45, 2.75) is 0 Å². The Morgan fingerprint density at radius 2 is 1.63 bits per heavy atom. The van der Waals surface area contributed by atoms with E-state index in [9.17, 15) is 20.1 Å². The van der Waals surface area contributed by atoms with E-state index < -0.39 is 5.97 Å². The van der Waals surface area contributed by atoms with E-state index in [2.05, 4.69) is 0 Å². The molecule has 0 aliphatic heterocycles. The predicted molar refractivity (Wildman–Crippen MR) is 71.7 cm³/mol. The van der Waals surface area contributed by atoms with E-state index >= 15 is 0 Å². The van der Waals surface area contributed by atoms with Gasteiger partial charge in [-0.3, -0.25) is 0 Å². The van der Waals surface area contributed by atoms with E-state index in [1.54, 1.807) is 12.1 Å². The minimum absolute atomic E-state index is 0.0733. The summed E-state index contributed by atoms with van der Waals surface area (Å²) in [5.74, 6) is -0.927. The first-order valence-corrected chi connectivity index (χ1v) is 5.60. The second-order valence-electron chi connectivity index (χ2n) is 4.01. The third kappa shape index (κ3) is 3.13. The molecule has 0 aliphatic rings. The third-order valence-corrected chi connectivity index (χ3v) is 2.59. The molecule has 0 saturated heterocycles. The zero-order chi connectivity index (χ0) is 13.8. The van der Waals surface area contributed by atoms with Gasteiger partial charge in [0.1, 0.15) is 11.5 Å². The van der Waals surface area contributed by atoms with Gasteiger partial charge < -0.3 is 15.3 Å². The lowest BCUT2D eigenvalue weighted by molar-refractivity contribution is -0.130. The fourth-order valence-electron chi connectivity index (χ4n) is 1.69. The van der Waals surface area contributed by atoms with Crippen molar-refractivity contribution >= 4 is 17.6 Å². The van der Waals surface area contributed by atoms with Crippen molar-refractivity contribution < 1.29 is 20.1 Å². The summed E-state index contributed by atoms with van der Waals surface area (Å²) in [6, 6.07) is 12.2. The summed E-state index contributed by atoms with van der Waals surface area (Å²) in [5.41, 5.74) is 1.16. The second-order valence-corrected chi connectivity index (χ2v) is 4.01. The highest BCUT2D eigenvalue weighted by molar-refractivity contribution is 6.20. The van der Waals surface area contributed by atoms with E-state index in [-0.39, 0.29) is 17.1 Å². The monoisotopic (exact) mass is 256 g/mol. The maximum atomic E-state index is 11.3. The van der Waals surface area contributed by atoms with E-state index in [0.717, 1.165) is 0 Å². The molecule has 3 N–H and O–H groups in total. The average Bonchev–Trinajstić information content (AvgIpc) is 2.37. The summed E-state index contributed by atoms with van der Waals surface area (Å²) in [7, 11) is 0. The molecule has 0 spiro atoms. The van der Waals surface area contributed by atoms with Gasteiger partial charge in [-0.2, -0.15) is 0 Å². The molecular formula is C15H12O4. The molecule has 0 amide bonds. The van der Waals surface area contributed by atoms with Crippen LogP contribution in [-0.4, -0.2) is 21.3 Å². The number of phenolic OH excluding ortho intramolecular Hbond substituents is 2. The lowest BCUT2D eigenvalue weighted by Crippen LogP contribution is -1.99. The van der Waals surface area contributed by atoms with Crippen molar-refractivity contribution in [3.05, 3.63) is 59.7 Å². The fraction of sp³-hybridized carbons (Fsp3) is 0. The smallest absolute Gasteiger partial charge is 0.336 e. The normalized spacial score (nSPS) is 11.3. The van der Waals surface area contributed by atoms with Crippen molar-refractivity contribution in [2.24, 2.45) is 0 Å². The van der Waals surface area contributed by atoms with Gasteiger partial charge in [-0.1, -0.05) is 24.3 Å². The van der Waals surface area contributed by atoms with Gasteiger partial charge in [-0.15, -0.1) is 0 Å². The van der Waals surface area contributed by atoms with E-state index in [0.29, 0.717) is 11.1 Å². The molecule has 0 heterocycles. The Bertz CT molecular complexity index is 627. The summed E-state index contributed by atoms with van der Waals surface area (Å²) in [6.45, 7) is 0. The largest absolute Gasteiger partial charge is 0.508 e. The summed E-state index contributed by atoms with van der Waals surface area (Å²) < 4.78 is 0. The summed E-state index contributed by atoms with van der Waals surface area (Å²) >= 11 is 0. The van der Waals surface area contributed by atoms with Gasteiger partial charge in [0.25, 0.3) is 0 Å². The van der Waals surface area contributed by atoms with Crippen LogP contribution in [0.3, 0.4) is 0 Å². The molecule has 2 aromatic rings. The van der Waals surface area contributed by atoms with Crippen LogP contribution in [0.4, 0.5) is 0 Å². The zero-order valence-electron chi connectivity index (χ0n) is 9.95. The topological polar surface area (TPSA) is 77.8 Å². The van der Waals surface area contributed by atoms with Crippen molar-refractivity contribution in [3.63, 3.8) is 0 Å². The minimum Gasteiger partial charge on any atom is -0.508 e. The summed E-state index contributed by atoms with van der Waals surface area (Å²) in [6.07, 6.45) is 1.47. The Morgan fingerprint density at radius 1 is 0.947 bits per heavy atom.